The van der Waals surface area contributed by atoms with E-state index in [1.165, 1.54) is 11.1 Å². The van der Waals surface area contributed by atoms with Crippen LogP contribution >= 0.6 is 0 Å². The number of carbonyl (C=O) groups is 1. The van der Waals surface area contributed by atoms with Gasteiger partial charge in [-0.15, -0.1) is 0 Å². The Bertz CT molecular complexity index is 1090. The molecule has 3 aliphatic heterocycles. The number of likely N-dealkylation sites (N-methyl/N-ethyl adjacent to an activating group) is 1. The van der Waals surface area contributed by atoms with E-state index in [2.05, 4.69) is 16.0 Å². The minimum atomic E-state index is -1.17. The van der Waals surface area contributed by atoms with Crippen LogP contribution in [0.2, 0.25) is 0 Å². The Kier molecular flexibility index (Phi) is 3.83. The van der Waals surface area contributed by atoms with Gasteiger partial charge in [0.25, 0.3) is 5.91 Å². The van der Waals surface area contributed by atoms with Crippen LogP contribution in [0.15, 0.2) is 41.7 Å². The van der Waals surface area contributed by atoms with Crippen molar-refractivity contribution in [1.82, 2.24) is 9.88 Å². The fourth-order valence-corrected chi connectivity index (χ4v) is 4.46. The summed E-state index contributed by atoms with van der Waals surface area (Å²) in [7, 11) is 1.63. The van der Waals surface area contributed by atoms with Crippen LogP contribution in [-0.4, -0.2) is 48.1 Å². The number of aromatic nitrogens is 1. The Labute approximate surface area is 167 Å². The molecule has 8 nitrogen and oxygen atoms in total. The fraction of sp³-hybridized carbons (Fsp3) is 0.333. The van der Waals surface area contributed by atoms with Gasteiger partial charge in [0, 0.05) is 37.0 Å². The van der Waals surface area contributed by atoms with Crippen molar-refractivity contribution in [3.8, 4) is 22.9 Å². The van der Waals surface area contributed by atoms with Crippen LogP contribution in [0, 0.1) is 17.2 Å². The molecule has 1 aromatic heterocycles. The smallest absolute Gasteiger partial charge is 0.262 e. The number of hydrogen-bond donors (Lipinski definition) is 1. The molecule has 29 heavy (non-hydrogen) atoms. The van der Waals surface area contributed by atoms with E-state index in [-0.39, 0.29) is 23.9 Å². The SMILES string of the molecule is CN1C(=O)C2(N=C1N)c1cc(-c3cncc(C#N)c3)ccc1OC1CCOCC12. The first kappa shape index (κ1) is 17.6. The molecule has 5 rings (SSSR count). The number of pyridine rings is 1. The zero-order valence-corrected chi connectivity index (χ0v) is 15.8. The van der Waals surface area contributed by atoms with E-state index in [4.69, 9.17) is 15.2 Å². The Balaban J connectivity index is 1.72. The monoisotopic (exact) mass is 389 g/mol. The Morgan fingerprint density at radius 2 is 2.17 bits per heavy atom. The summed E-state index contributed by atoms with van der Waals surface area (Å²) < 4.78 is 11.9. The number of guanidine groups is 1. The van der Waals surface area contributed by atoms with Gasteiger partial charge >= 0.3 is 0 Å². The summed E-state index contributed by atoms with van der Waals surface area (Å²) in [4.78, 5) is 23.6. The van der Waals surface area contributed by atoms with Crippen LogP contribution < -0.4 is 10.5 Å². The number of nitriles is 1. The molecular weight excluding hydrogens is 370 g/mol. The van der Waals surface area contributed by atoms with Crippen molar-refractivity contribution in [3.05, 3.63) is 47.8 Å². The summed E-state index contributed by atoms with van der Waals surface area (Å²) >= 11 is 0. The lowest BCUT2D eigenvalue weighted by atomic mass is 9.71. The van der Waals surface area contributed by atoms with Crippen molar-refractivity contribution in [2.45, 2.75) is 18.1 Å². The molecule has 0 bridgehead atoms. The third-order valence-corrected chi connectivity index (χ3v) is 5.96. The first-order valence-corrected chi connectivity index (χ1v) is 9.42. The second-order valence-corrected chi connectivity index (χ2v) is 7.51. The molecule has 3 unspecified atom stereocenters. The maximum absolute atomic E-state index is 13.4. The first-order valence-electron chi connectivity index (χ1n) is 9.42. The maximum atomic E-state index is 13.4. The van der Waals surface area contributed by atoms with Crippen LogP contribution in [-0.2, 0) is 15.1 Å². The van der Waals surface area contributed by atoms with Gasteiger partial charge in [-0.05, 0) is 23.8 Å². The van der Waals surface area contributed by atoms with E-state index in [1.807, 2.05) is 18.2 Å². The van der Waals surface area contributed by atoms with Gasteiger partial charge in [0.1, 0.15) is 17.9 Å². The summed E-state index contributed by atoms with van der Waals surface area (Å²) in [6.45, 7) is 0.955. The van der Waals surface area contributed by atoms with Crippen molar-refractivity contribution in [1.29, 1.82) is 5.26 Å². The van der Waals surface area contributed by atoms with E-state index in [0.29, 0.717) is 36.5 Å². The molecule has 0 saturated carbocycles. The number of ether oxygens (including phenoxy) is 2. The molecule has 0 aliphatic carbocycles. The lowest BCUT2D eigenvalue weighted by Gasteiger charge is -2.45. The standard InChI is InChI=1S/C21H19N5O3/c1-26-19(27)21(25-20(26)23)15-7-13(14-6-12(8-22)9-24-10-14)2-3-17(15)29-18-4-5-28-11-16(18)21/h2-3,6-7,9-10,16,18H,4-5,11H2,1H3,(H2,23,25). The van der Waals surface area contributed by atoms with Crippen LogP contribution in [0.4, 0.5) is 0 Å². The van der Waals surface area contributed by atoms with E-state index in [1.54, 1.807) is 19.3 Å². The van der Waals surface area contributed by atoms with Crippen molar-refractivity contribution >= 4 is 11.9 Å². The van der Waals surface area contributed by atoms with Crippen molar-refractivity contribution in [3.63, 3.8) is 0 Å². The van der Waals surface area contributed by atoms with Crippen molar-refractivity contribution in [2.24, 2.45) is 16.6 Å². The van der Waals surface area contributed by atoms with Crippen LogP contribution in [0.1, 0.15) is 17.5 Å². The molecule has 3 atom stereocenters. The quantitative estimate of drug-likeness (QED) is 0.789. The summed E-state index contributed by atoms with van der Waals surface area (Å²) in [6, 6.07) is 9.52. The molecule has 4 heterocycles. The molecule has 1 fully saturated rings. The second-order valence-electron chi connectivity index (χ2n) is 7.51. The van der Waals surface area contributed by atoms with Gasteiger partial charge in [-0.2, -0.15) is 5.26 Å². The van der Waals surface area contributed by atoms with Gasteiger partial charge in [0.05, 0.1) is 24.7 Å². The van der Waals surface area contributed by atoms with Gasteiger partial charge in [-0.3, -0.25) is 14.7 Å². The van der Waals surface area contributed by atoms with Gasteiger partial charge < -0.3 is 15.2 Å². The van der Waals surface area contributed by atoms with Crippen LogP contribution in [0.5, 0.6) is 5.75 Å². The summed E-state index contributed by atoms with van der Waals surface area (Å²) in [5.74, 6) is 0.367. The molecular formula is C21H19N5O3. The lowest BCUT2D eigenvalue weighted by molar-refractivity contribution is -0.141. The van der Waals surface area contributed by atoms with E-state index >= 15 is 0 Å². The highest BCUT2D eigenvalue weighted by molar-refractivity contribution is 6.07. The van der Waals surface area contributed by atoms with Crippen LogP contribution in [0.3, 0.4) is 0 Å². The molecule has 8 heteroatoms. The third-order valence-electron chi connectivity index (χ3n) is 5.96. The Morgan fingerprint density at radius 3 is 2.93 bits per heavy atom. The average Bonchev–Trinajstić information content (AvgIpc) is 2.98. The predicted molar refractivity (Wildman–Crippen MR) is 104 cm³/mol. The number of carbonyl (C=O) groups excluding carboxylic acids is 1. The van der Waals surface area contributed by atoms with Crippen molar-refractivity contribution in [2.75, 3.05) is 20.3 Å². The number of rotatable bonds is 1. The molecule has 3 aliphatic rings. The zero-order valence-electron chi connectivity index (χ0n) is 15.8. The van der Waals surface area contributed by atoms with Gasteiger partial charge in [-0.25, -0.2) is 4.99 Å². The zero-order chi connectivity index (χ0) is 20.2. The van der Waals surface area contributed by atoms with Gasteiger partial charge in [0.2, 0.25) is 0 Å². The minimum absolute atomic E-state index is 0.169. The number of nitrogens with two attached hydrogens (primary N) is 1. The highest BCUT2D eigenvalue weighted by Gasteiger charge is 2.60. The molecule has 1 amide bonds. The highest BCUT2D eigenvalue weighted by Crippen LogP contribution is 2.51. The predicted octanol–water partition coefficient (Wildman–Crippen LogP) is 1.40. The number of aliphatic imine (C=N–C) groups is 1. The summed E-state index contributed by atoms with van der Waals surface area (Å²) in [5, 5.41) is 9.19. The third kappa shape index (κ3) is 2.44. The van der Waals surface area contributed by atoms with Gasteiger partial charge in [0.15, 0.2) is 11.5 Å². The number of fused-ring (bicyclic) bond motifs is 4. The molecule has 146 valence electrons. The average molecular weight is 389 g/mol. The largest absolute Gasteiger partial charge is 0.489 e. The van der Waals surface area contributed by atoms with Crippen LogP contribution in [0.25, 0.3) is 11.1 Å². The summed E-state index contributed by atoms with van der Waals surface area (Å²) in [6.07, 6.45) is 3.72. The maximum Gasteiger partial charge on any atom is 0.262 e. The highest BCUT2D eigenvalue weighted by atomic mass is 16.5. The topological polar surface area (TPSA) is 114 Å². The Morgan fingerprint density at radius 1 is 1.31 bits per heavy atom. The molecule has 1 spiro atoms. The molecule has 2 aromatic rings. The normalized spacial score (nSPS) is 27.7. The van der Waals surface area contributed by atoms with E-state index < -0.39 is 5.54 Å². The molecule has 0 radical (unpaired) electrons. The van der Waals surface area contributed by atoms with Gasteiger partial charge in [-0.1, -0.05) is 6.07 Å². The number of hydrogen-bond acceptors (Lipinski definition) is 7. The van der Waals surface area contributed by atoms with E-state index in [0.717, 1.165) is 11.1 Å². The number of benzene rings is 1. The lowest BCUT2D eigenvalue weighted by Crippen LogP contribution is -2.56. The minimum Gasteiger partial charge on any atom is -0.489 e. The number of amides is 1. The second kappa shape index (κ2) is 6.29. The number of nitrogens with zero attached hydrogens (tertiary/aromatic N) is 4. The Hall–Kier alpha value is -3.44. The van der Waals surface area contributed by atoms with E-state index in [9.17, 15) is 10.1 Å². The van der Waals surface area contributed by atoms with Crippen molar-refractivity contribution < 1.29 is 14.3 Å². The summed E-state index contributed by atoms with van der Waals surface area (Å²) in [5.41, 5.74) is 7.63. The molecule has 1 saturated heterocycles. The molecule has 1 aromatic carbocycles. The first-order chi connectivity index (χ1) is 14.0. The fourth-order valence-electron chi connectivity index (χ4n) is 4.46. The molecule has 2 N–H and O–H groups in total.